The van der Waals surface area contributed by atoms with Crippen LogP contribution >= 0.6 is 24.0 Å². The largest absolute Gasteiger partial charge is 0.497 e. The Bertz CT molecular complexity index is 578. The van der Waals surface area contributed by atoms with Crippen LogP contribution in [-0.4, -0.2) is 76.2 Å². The summed E-state index contributed by atoms with van der Waals surface area (Å²) in [6, 6.07) is 8.86. The Labute approximate surface area is 195 Å². The maximum atomic E-state index is 5.38. The van der Waals surface area contributed by atoms with Crippen LogP contribution in [0.1, 0.15) is 45.2 Å². The highest BCUT2D eigenvalue weighted by Gasteiger charge is 2.16. The first-order valence-electron chi connectivity index (χ1n) is 10.4. The van der Waals surface area contributed by atoms with E-state index in [4.69, 9.17) is 4.74 Å². The molecule has 0 heterocycles. The fourth-order valence-electron chi connectivity index (χ4n) is 3.30. The predicted octanol–water partition coefficient (Wildman–Crippen LogP) is 3.59. The number of benzene rings is 1. The number of rotatable bonds is 12. The van der Waals surface area contributed by atoms with Gasteiger partial charge in [-0.25, -0.2) is 0 Å². The van der Waals surface area contributed by atoms with E-state index in [9.17, 15) is 0 Å². The molecule has 0 fully saturated rings. The van der Waals surface area contributed by atoms with Crippen molar-refractivity contribution in [1.82, 2.24) is 20.4 Å². The zero-order valence-electron chi connectivity index (χ0n) is 19.4. The van der Waals surface area contributed by atoms with Gasteiger partial charge in [0.05, 0.1) is 13.2 Å². The molecule has 0 aliphatic rings. The number of hydrogen-bond donors (Lipinski definition) is 2. The second-order valence-electron chi connectivity index (χ2n) is 7.42. The van der Waals surface area contributed by atoms with Crippen molar-refractivity contribution in [3.8, 4) is 5.75 Å². The lowest BCUT2D eigenvalue weighted by Gasteiger charge is -2.27. The minimum atomic E-state index is 0. The molecule has 0 radical (unpaired) electrons. The summed E-state index contributed by atoms with van der Waals surface area (Å²) >= 11 is 0. The maximum absolute atomic E-state index is 5.38. The highest BCUT2D eigenvalue weighted by molar-refractivity contribution is 14.0. The molecular formula is C22H42IN5O. The van der Waals surface area contributed by atoms with Crippen molar-refractivity contribution in [2.24, 2.45) is 4.99 Å². The molecule has 168 valence electrons. The zero-order valence-corrected chi connectivity index (χ0v) is 21.7. The van der Waals surface area contributed by atoms with Gasteiger partial charge >= 0.3 is 0 Å². The lowest BCUT2D eigenvalue weighted by molar-refractivity contribution is 0.291. The van der Waals surface area contributed by atoms with Crippen molar-refractivity contribution >= 4 is 29.9 Å². The Morgan fingerprint density at radius 2 is 1.90 bits per heavy atom. The van der Waals surface area contributed by atoms with Gasteiger partial charge in [0, 0.05) is 19.6 Å². The molecule has 0 saturated carbocycles. The van der Waals surface area contributed by atoms with E-state index >= 15 is 0 Å². The zero-order chi connectivity index (χ0) is 20.9. The van der Waals surface area contributed by atoms with Gasteiger partial charge in [-0.3, -0.25) is 4.99 Å². The topological polar surface area (TPSA) is 52.1 Å². The third-order valence-corrected chi connectivity index (χ3v) is 5.18. The summed E-state index contributed by atoms with van der Waals surface area (Å²) in [6.45, 7) is 10.8. The summed E-state index contributed by atoms with van der Waals surface area (Å²) in [7, 11) is 7.72. The molecule has 0 aliphatic carbocycles. The minimum Gasteiger partial charge on any atom is -0.497 e. The third-order valence-electron chi connectivity index (χ3n) is 5.18. The molecule has 2 atom stereocenters. The Kier molecular flexibility index (Phi) is 15.2. The van der Waals surface area contributed by atoms with Crippen molar-refractivity contribution < 1.29 is 4.74 Å². The van der Waals surface area contributed by atoms with Crippen LogP contribution in [-0.2, 0) is 0 Å². The highest BCUT2D eigenvalue weighted by Crippen LogP contribution is 2.22. The molecule has 0 aliphatic heterocycles. The highest BCUT2D eigenvalue weighted by atomic mass is 127. The Hall–Kier alpha value is -1.06. The summed E-state index contributed by atoms with van der Waals surface area (Å²) in [6.07, 6.45) is 2.32. The first kappa shape index (κ1) is 27.9. The Morgan fingerprint density at radius 3 is 2.45 bits per heavy atom. The monoisotopic (exact) mass is 519 g/mol. The van der Waals surface area contributed by atoms with E-state index in [1.54, 1.807) is 7.11 Å². The molecule has 29 heavy (non-hydrogen) atoms. The van der Waals surface area contributed by atoms with Gasteiger partial charge in [-0.2, -0.15) is 0 Å². The molecule has 1 aromatic rings. The van der Waals surface area contributed by atoms with Crippen molar-refractivity contribution in [2.75, 3.05) is 54.4 Å². The summed E-state index contributed by atoms with van der Waals surface area (Å²) in [4.78, 5) is 9.08. The first-order valence-corrected chi connectivity index (χ1v) is 10.4. The van der Waals surface area contributed by atoms with Gasteiger partial charge in [0.15, 0.2) is 5.96 Å². The molecule has 1 aromatic carbocycles. The number of hydrogen-bond acceptors (Lipinski definition) is 4. The average Bonchev–Trinajstić information content (AvgIpc) is 2.70. The molecule has 2 N–H and O–H groups in total. The van der Waals surface area contributed by atoms with Gasteiger partial charge in [0.2, 0.25) is 0 Å². The van der Waals surface area contributed by atoms with Gasteiger partial charge in [-0.1, -0.05) is 26.0 Å². The SMILES string of the molecule is CCN(CC)CCCC(C)NC(=NC)NCC(c1cccc(OC)c1)N(C)C.I. The van der Waals surface area contributed by atoms with Crippen LogP contribution in [0, 0.1) is 0 Å². The van der Waals surface area contributed by atoms with E-state index in [0.29, 0.717) is 6.04 Å². The van der Waals surface area contributed by atoms with Crippen molar-refractivity contribution in [2.45, 2.75) is 45.7 Å². The second-order valence-corrected chi connectivity index (χ2v) is 7.42. The van der Waals surface area contributed by atoms with Crippen molar-refractivity contribution in [3.05, 3.63) is 29.8 Å². The number of nitrogens with one attached hydrogen (secondary N) is 2. The van der Waals surface area contributed by atoms with Crippen molar-refractivity contribution in [3.63, 3.8) is 0 Å². The fraction of sp³-hybridized carbons (Fsp3) is 0.682. The predicted molar refractivity (Wildman–Crippen MR) is 136 cm³/mol. The summed E-state index contributed by atoms with van der Waals surface area (Å²) < 4.78 is 5.38. The van der Waals surface area contributed by atoms with Crippen LogP contribution < -0.4 is 15.4 Å². The van der Waals surface area contributed by atoms with E-state index in [1.807, 2.05) is 19.2 Å². The molecule has 7 heteroatoms. The van der Waals surface area contributed by atoms with E-state index in [1.165, 1.54) is 12.0 Å². The average molecular weight is 520 g/mol. The number of methoxy groups -OCH3 is 1. The van der Waals surface area contributed by atoms with E-state index in [2.05, 4.69) is 72.4 Å². The van der Waals surface area contributed by atoms with Crippen LogP contribution in [0.5, 0.6) is 5.75 Å². The number of halogens is 1. The van der Waals surface area contributed by atoms with Crippen LogP contribution in [0.4, 0.5) is 0 Å². The Balaban J connectivity index is 0.00000784. The second kappa shape index (κ2) is 15.7. The molecule has 2 unspecified atom stereocenters. The van der Waals surface area contributed by atoms with E-state index in [0.717, 1.165) is 44.3 Å². The van der Waals surface area contributed by atoms with E-state index in [-0.39, 0.29) is 30.0 Å². The first-order chi connectivity index (χ1) is 13.4. The van der Waals surface area contributed by atoms with Crippen LogP contribution in [0.25, 0.3) is 0 Å². The van der Waals surface area contributed by atoms with Crippen molar-refractivity contribution in [1.29, 1.82) is 0 Å². The molecule has 0 saturated heterocycles. The van der Waals surface area contributed by atoms with Crippen LogP contribution in [0.15, 0.2) is 29.3 Å². The molecule has 0 spiro atoms. The Morgan fingerprint density at radius 1 is 1.21 bits per heavy atom. The lowest BCUT2D eigenvalue weighted by atomic mass is 10.1. The normalized spacial score (nSPS) is 13.8. The van der Waals surface area contributed by atoms with Gasteiger partial charge in [0.25, 0.3) is 0 Å². The number of ether oxygens (including phenoxy) is 1. The molecule has 0 aromatic heterocycles. The number of aliphatic imine (C=N–C) groups is 1. The summed E-state index contributed by atoms with van der Waals surface area (Å²) in [5.41, 5.74) is 1.22. The molecule has 0 bridgehead atoms. The van der Waals surface area contributed by atoms with Gasteiger partial charge in [-0.15, -0.1) is 24.0 Å². The van der Waals surface area contributed by atoms with Gasteiger partial charge < -0.3 is 25.2 Å². The summed E-state index contributed by atoms with van der Waals surface area (Å²) in [5, 5.41) is 7.01. The fourth-order valence-corrected chi connectivity index (χ4v) is 3.30. The number of guanidine groups is 1. The van der Waals surface area contributed by atoms with Crippen LogP contribution in [0.3, 0.4) is 0 Å². The quantitative estimate of drug-likeness (QED) is 0.251. The third kappa shape index (κ3) is 10.5. The molecule has 1 rings (SSSR count). The number of likely N-dealkylation sites (N-methyl/N-ethyl adjacent to an activating group) is 1. The standard InChI is InChI=1S/C22H41N5O.HI/c1-8-27(9-2)15-11-12-18(3)25-22(23-4)24-17-21(26(5)6)19-13-10-14-20(16-19)28-7;/h10,13-14,16,18,21H,8-9,11-12,15,17H2,1-7H3,(H2,23,24,25);1H. The maximum Gasteiger partial charge on any atom is 0.191 e. The van der Waals surface area contributed by atoms with E-state index < -0.39 is 0 Å². The summed E-state index contributed by atoms with van der Waals surface area (Å²) in [5.74, 6) is 1.73. The van der Waals surface area contributed by atoms with Gasteiger partial charge in [-0.05, 0) is 71.2 Å². The van der Waals surface area contributed by atoms with Crippen LogP contribution in [0.2, 0.25) is 0 Å². The smallest absolute Gasteiger partial charge is 0.191 e. The molecular weight excluding hydrogens is 477 g/mol. The molecule has 6 nitrogen and oxygen atoms in total. The lowest BCUT2D eigenvalue weighted by Crippen LogP contribution is -2.45. The molecule has 0 amide bonds. The number of nitrogens with zero attached hydrogens (tertiary/aromatic N) is 3. The minimum absolute atomic E-state index is 0. The van der Waals surface area contributed by atoms with Gasteiger partial charge in [0.1, 0.15) is 5.75 Å².